The molecule has 1 aliphatic heterocycles. The minimum atomic E-state index is -0.633. The van der Waals surface area contributed by atoms with Crippen LogP contribution in [0.4, 0.5) is 0 Å². The lowest BCUT2D eigenvalue weighted by Gasteiger charge is -2.04. The van der Waals surface area contributed by atoms with Crippen molar-refractivity contribution in [1.29, 1.82) is 0 Å². The second-order valence-electron chi connectivity index (χ2n) is 4.93. The molecule has 0 saturated heterocycles. The third-order valence-electron chi connectivity index (χ3n) is 3.44. The summed E-state index contributed by atoms with van der Waals surface area (Å²) < 4.78 is 10.1. The molecule has 2 aromatic rings. The molecule has 6 heteroatoms. The van der Waals surface area contributed by atoms with Crippen molar-refractivity contribution >= 4 is 17.7 Å². The van der Waals surface area contributed by atoms with E-state index in [9.17, 15) is 9.59 Å². The lowest BCUT2D eigenvalue weighted by Crippen LogP contribution is -2.21. The number of carbonyl (C=O) groups excluding carboxylic acids is 2. The smallest absolute Gasteiger partial charge is 0.334 e. The van der Waals surface area contributed by atoms with Gasteiger partial charge in [-0.3, -0.25) is 9.78 Å². The zero-order valence-electron chi connectivity index (χ0n) is 12.4. The standard InChI is InChI=1S/C17H14N2O4/c1-22-17(21)14-10-23-16(19-14)12-6-4-11(5-7-12)15(20)13-3-2-8-18-9-13/h2-9,14H,10H2,1H3. The van der Waals surface area contributed by atoms with Crippen LogP contribution in [0.1, 0.15) is 21.5 Å². The maximum atomic E-state index is 12.3. The average Bonchev–Trinajstić information content (AvgIpc) is 3.11. The summed E-state index contributed by atoms with van der Waals surface area (Å²) in [5.41, 5.74) is 1.78. The molecule has 1 aliphatic rings. The SMILES string of the molecule is COC(=O)C1COC(c2ccc(C(=O)c3cccnc3)cc2)=N1. The van der Waals surface area contributed by atoms with Crippen LogP contribution in [0, 0.1) is 0 Å². The summed E-state index contributed by atoms with van der Waals surface area (Å²) in [5, 5.41) is 0. The van der Waals surface area contributed by atoms with Crippen LogP contribution < -0.4 is 0 Å². The molecule has 0 aliphatic carbocycles. The fraction of sp³-hybridized carbons (Fsp3) is 0.176. The van der Waals surface area contributed by atoms with Gasteiger partial charge in [-0.2, -0.15) is 0 Å². The Kier molecular flexibility index (Phi) is 4.14. The molecule has 0 saturated carbocycles. The Morgan fingerprint density at radius 1 is 1.17 bits per heavy atom. The molecule has 0 radical (unpaired) electrons. The molecule has 0 bridgehead atoms. The third kappa shape index (κ3) is 3.11. The summed E-state index contributed by atoms with van der Waals surface area (Å²) in [4.78, 5) is 31.9. The molecule has 2 heterocycles. The highest BCUT2D eigenvalue weighted by molar-refractivity contribution is 6.09. The minimum Gasteiger partial charge on any atom is -0.475 e. The number of rotatable bonds is 4. The Balaban J connectivity index is 1.78. The first-order chi connectivity index (χ1) is 11.2. The van der Waals surface area contributed by atoms with E-state index in [0.29, 0.717) is 22.6 Å². The molecular formula is C17H14N2O4. The number of benzene rings is 1. The summed E-state index contributed by atoms with van der Waals surface area (Å²) in [7, 11) is 1.31. The van der Waals surface area contributed by atoms with E-state index in [1.807, 2.05) is 0 Å². The van der Waals surface area contributed by atoms with Crippen molar-refractivity contribution in [2.24, 2.45) is 4.99 Å². The largest absolute Gasteiger partial charge is 0.475 e. The maximum Gasteiger partial charge on any atom is 0.334 e. The summed E-state index contributed by atoms with van der Waals surface area (Å²) in [5.74, 6) is -0.157. The fourth-order valence-corrected chi connectivity index (χ4v) is 2.22. The van der Waals surface area contributed by atoms with Crippen LogP contribution in [0.5, 0.6) is 0 Å². The third-order valence-corrected chi connectivity index (χ3v) is 3.44. The molecule has 1 aromatic carbocycles. The molecule has 1 unspecified atom stereocenters. The molecule has 1 atom stereocenters. The number of ether oxygens (including phenoxy) is 2. The van der Waals surface area contributed by atoms with Crippen LogP contribution in [0.2, 0.25) is 0 Å². The number of pyridine rings is 1. The quantitative estimate of drug-likeness (QED) is 0.633. The molecule has 23 heavy (non-hydrogen) atoms. The van der Waals surface area contributed by atoms with E-state index in [1.165, 1.54) is 13.3 Å². The van der Waals surface area contributed by atoms with Crippen molar-refractivity contribution in [2.75, 3.05) is 13.7 Å². The highest BCUT2D eigenvalue weighted by Crippen LogP contribution is 2.15. The molecule has 3 rings (SSSR count). The molecule has 0 spiro atoms. The predicted octanol–water partition coefficient (Wildman–Crippen LogP) is 1.63. The summed E-state index contributed by atoms with van der Waals surface area (Å²) >= 11 is 0. The molecule has 116 valence electrons. The van der Waals surface area contributed by atoms with Gasteiger partial charge in [0.25, 0.3) is 0 Å². The number of ketones is 1. The van der Waals surface area contributed by atoms with Gasteiger partial charge < -0.3 is 9.47 Å². The molecule has 0 fully saturated rings. The van der Waals surface area contributed by atoms with Crippen LogP contribution in [-0.4, -0.2) is 42.4 Å². The van der Waals surface area contributed by atoms with E-state index < -0.39 is 12.0 Å². The van der Waals surface area contributed by atoms with Crippen LogP contribution >= 0.6 is 0 Å². The topological polar surface area (TPSA) is 77.9 Å². The zero-order chi connectivity index (χ0) is 16.2. The maximum absolute atomic E-state index is 12.3. The lowest BCUT2D eigenvalue weighted by molar-refractivity contribution is -0.142. The molecule has 6 nitrogen and oxygen atoms in total. The van der Waals surface area contributed by atoms with Gasteiger partial charge >= 0.3 is 5.97 Å². The van der Waals surface area contributed by atoms with Crippen LogP contribution in [-0.2, 0) is 14.3 Å². The van der Waals surface area contributed by atoms with Crippen LogP contribution in [0.3, 0.4) is 0 Å². The van der Waals surface area contributed by atoms with Gasteiger partial charge in [0, 0.05) is 29.1 Å². The first kappa shape index (κ1) is 14.9. The Bertz CT molecular complexity index is 754. The van der Waals surface area contributed by atoms with E-state index >= 15 is 0 Å². The molecule has 1 aromatic heterocycles. The highest BCUT2D eigenvalue weighted by Gasteiger charge is 2.27. The lowest BCUT2D eigenvalue weighted by atomic mass is 10.0. The molecular weight excluding hydrogens is 296 g/mol. The summed E-state index contributed by atoms with van der Waals surface area (Å²) in [6.07, 6.45) is 3.15. The van der Waals surface area contributed by atoms with Gasteiger partial charge in [-0.1, -0.05) is 12.1 Å². The van der Waals surface area contributed by atoms with Crippen LogP contribution in [0.25, 0.3) is 0 Å². The molecule has 0 N–H and O–H groups in total. The van der Waals surface area contributed by atoms with E-state index in [2.05, 4.69) is 14.7 Å². The average molecular weight is 310 g/mol. The van der Waals surface area contributed by atoms with E-state index in [1.54, 1.807) is 42.6 Å². The Labute approximate surface area is 132 Å². The van der Waals surface area contributed by atoms with Crippen molar-refractivity contribution < 1.29 is 19.1 Å². The number of hydrogen-bond acceptors (Lipinski definition) is 6. The van der Waals surface area contributed by atoms with E-state index in [0.717, 1.165) is 0 Å². The second kappa shape index (κ2) is 6.39. The van der Waals surface area contributed by atoms with E-state index in [-0.39, 0.29) is 12.4 Å². The van der Waals surface area contributed by atoms with Gasteiger partial charge in [0.2, 0.25) is 5.90 Å². The monoisotopic (exact) mass is 310 g/mol. The Hall–Kier alpha value is -3.02. The number of aliphatic imine (C=N–C) groups is 1. The van der Waals surface area contributed by atoms with Gasteiger partial charge in [0.1, 0.15) is 6.61 Å². The number of carbonyl (C=O) groups is 2. The Morgan fingerprint density at radius 3 is 2.61 bits per heavy atom. The fourth-order valence-electron chi connectivity index (χ4n) is 2.22. The first-order valence-electron chi connectivity index (χ1n) is 7.02. The molecule has 0 amide bonds. The first-order valence-corrected chi connectivity index (χ1v) is 7.02. The highest BCUT2D eigenvalue weighted by atomic mass is 16.5. The van der Waals surface area contributed by atoms with Gasteiger partial charge in [-0.15, -0.1) is 0 Å². The van der Waals surface area contributed by atoms with Gasteiger partial charge in [0.15, 0.2) is 11.8 Å². The Morgan fingerprint density at radius 2 is 1.96 bits per heavy atom. The number of esters is 1. The van der Waals surface area contributed by atoms with E-state index in [4.69, 9.17) is 4.74 Å². The van der Waals surface area contributed by atoms with Gasteiger partial charge in [-0.05, 0) is 24.3 Å². The van der Waals surface area contributed by atoms with Crippen molar-refractivity contribution in [2.45, 2.75) is 6.04 Å². The van der Waals surface area contributed by atoms with Crippen LogP contribution in [0.15, 0.2) is 53.8 Å². The normalized spacial score (nSPS) is 16.4. The number of hydrogen-bond donors (Lipinski definition) is 0. The number of methoxy groups -OCH3 is 1. The van der Waals surface area contributed by atoms with Crippen molar-refractivity contribution in [3.05, 3.63) is 65.5 Å². The van der Waals surface area contributed by atoms with Crippen molar-refractivity contribution in [1.82, 2.24) is 4.98 Å². The minimum absolute atomic E-state index is 0.105. The van der Waals surface area contributed by atoms with Gasteiger partial charge in [-0.25, -0.2) is 9.79 Å². The van der Waals surface area contributed by atoms with Gasteiger partial charge in [0.05, 0.1) is 7.11 Å². The number of aromatic nitrogens is 1. The summed E-state index contributed by atoms with van der Waals surface area (Å²) in [6, 6.07) is 9.67. The predicted molar refractivity (Wildman–Crippen MR) is 82.4 cm³/mol. The second-order valence-corrected chi connectivity index (χ2v) is 4.93. The summed E-state index contributed by atoms with van der Waals surface area (Å²) in [6.45, 7) is 0.165. The van der Waals surface area contributed by atoms with Crippen molar-refractivity contribution in [3.63, 3.8) is 0 Å². The number of nitrogens with zero attached hydrogens (tertiary/aromatic N) is 2. The van der Waals surface area contributed by atoms with Crippen molar-refractivity contribution in [3.8, 4) is 0 Å². The zero-order valence-corrected chi connectivity index (χ0v) is 12.4.